The summed E-state index contributed by atoms with van der Waals surface area (Å²) in [6.45, 7) is 7.94. The van der Waals surface area contributed by atoms with Crippen LogP contribution < -0.4 is 0 Å². The predicted octanol–water partition coefficient (Wildman–Crippen LogP) is 4.60. The van der Waals surface area contributed by atoms with Gasteiger partial charge in [-0.3, -0.25) is 0 Å². The average molecular weight is 282 g/mol. The highest BCUT2D eigenvalue weighted by molar-refractivity contribution is 5.49. The molecule has 0 radical (unpaired) electrons. The van der Waals surface area contributed by atoms with Gasteiger partial charge in [-0.05, 0) is 62.1 Å². The minimum atomic E-state index is -0.300. The number of benzene rings is 2. The van der Waals surface area contributed by atoms with E-state index in [9.17, 15) is 10.2 Å². The summed E-state index contributed by atoms with van der Waals surface area (Å²) in [5, 5.41) is 19.5. The molecule has 2 nitrogen and oxygen atoms in total. The van der Waals surface area contributed by atoms with Crippen LogP contribution in [0.25, 0.3) is 0 Å². The molecule has 2 aromatic carbocycles. The molecule has 2 aromatic rings. The van der Waals surface area contributed by atoms with Crippen LogP contribution in [0.1, 0.15) is 36.1 Å². The van der Waals surface area contributed by atoms with Gasteiger partial charge in [-0.15, -0.1) is 0 Å². The van der Waals surface area contributed by atoms with Crippen molar-refractivity contribution in [1.82, 2.24) is 0 Å². The summed E-state index contributed by atoms with van der Waals surface area (Å²) in [6, 6.07) is 11.4. The van der Waals surface area contributed by atoms with Gasteiger partial charge in [0.25, 0.3) is 0 Å². The predicted molar refractivity (Wildman–Crippen MR) is 87.0 cm³/mol. The Balaban J connectivity index is 2.63. The van der Waals surface area contributed by atoms with Gasteiger partial charge in [-0.1, -0.05) is 36.4 Å². The lowest BCUT2D eigenvalue weighted by atomic mass is 9.75. The first-order chi connectivity index (χ1) is 9.88. The Labute approximate surface area is 126 Å². The molecule has 0 atom stereocenters. The molecule has 0 aliphatic heterocycles. The molecule has 0 aliphatic carbocycles. The fourth-order valence-electron chi connectivity index (χ4n) is 2.65. The number of hydrogen-bond donors (Lipinski definition) is 2. The van der Waals surface area contributed by atoms with E-state index in [2.05, 4.69) is 13.0 Å². The number of phenolic OH excluding ortho intramolecular Hbond substituents is 2. The highest BCUT2D eigenvalue weighted by atomic mass is 16.3. The standard InChI is InChI=1S/C19H22O2/c1-5-10-19(4,15-6-8-17(20)13(2)11-15)16-7-9-18(21)14(3)12-16/h5-12,20-21H,1-4H3. The van der Waals surface area contributed by atoms with Crippen molar-refractivity contribution in [2.45, 2.75) is 33.1 Å². The molecule has 21 heavy (non-hydrogen) atoms. The van der Waals surface area contributed by atoms with Gasteiger partial charge in [0, 0.05) is 5.41 Å². The Morgan fingerprint density at radius 3 is 1.62 bits per heavy atom. The quantitative estimate of drug-likeness (QED) is 0.808. The van der Waals surface area contributed by atoms with Crippen molar-refractivity contribution in [2.24, 2.45) is 0 Å². The zero-order chi connectivity index (χ0) is 15.6. The van der Waals surface area contributed by atoms with Gasteiger partial charge in [-0.2, -0.15) is 0 Å². The summed E-state index contributed by atoms with van der Waals surface area (Å²) in [5.41, 5.74) is 3.64. The highest BCUT2D eigenvalue weighted by Crippen LogP contribution is 2.37. The van der Waals surface area contributed by atoms with Crippen LogP contribution in [0.3, 0.4) is 0 Å². The Hall–Kier alpha value is -2.22. The van der Waals surface area contributed by atoms with Gasteiger partial charge in [0.05, 0.1) is 0 Å². The Kier molecular flexibility index (Phi) is 4.08. The van der Waals surface area contributed by atoms with Crippen LogP contribution in [-0.2, 0) is 5.41 Å². The molecule has 0 bridgehead atoms. The Bertz CT molecular complexity index is 632. The maximum Gasteiger partial charge on any atom is 0.118 e. The molecule has 2 rings (SSSR count). The van der Waals surface area contributed by atoms with Crippen LogP contribution in [0.2, 0.25) is 0 Å². The molecule has 2 N–H and O–H groups in total. The topological polar surface area (TPSA) is 40.5 Å². The molecule has 0 heterocycles. The molecule has 0 saturated carbocycles. The van der Waals surface area contributed by atoms with Crippen LogP contribution in [0, 0.1) is 13.8 Å². The van der Waals surface area contributed by atoms with Crippen molar-refractivity contribution < 1.29 is 10.2 Å². The average Bonchev–Trinajstić information content (AvgIpc) is 2.45. The lowest BCUT2D eigenvalue weighted by Crippen LogP contribution is -2.21. The van der Waals surface area contributed by atoms with Crippen LogP contribution in [0.5, 0.6) is 11.5 Å². The van der Waals surface area contributed by atoms with E-state index in [1.54, 1.807) is 12.1 Å². The maximum absolute atomic E-state index is 9.74. The summed E-state index contributed by atoms with van der Waals surface area (Å²) < 4.78 is 0. The first kappa shape index (κ1) is 15.2. The molecule has 2 heteroatoms. The number of aromatic hydroxyl groups is 2. The lowest BCUT2D eigenvalue weighted by molar-refractivity contribution is 0.470. The van der Waals surface area contributed by atoms with E-state index in [1.807, 2.05) is 51.1 Å². The number of phenols is 2. The van der Waals surface area contributed by atoms with Crippen molar-refractivity contribution in [2.75, 3.05) is 0 Å². The van der Waals surface area contributed by atoms with E-state index in [0.29, 0.717) is 11.5 Å². The van der Waals surface area contributed by atoms with Gasteiger partial charge in [0.1, 0.15) is 11.5 Å². The first-order valence-electron chi connectivity index (χ1n) is 7.12. The van der Waals surface area contributed by atoms with E-state index >= 15 is 0 Å². The molecule has 0 spiro atoms. The molecule has 110 valence electrons. The molecule has 0 aliphatic rings. The van der Waals surface area contributed by atoms with Crippen molar-refractivity contribution in [3.8, 4) is 11.5 Å². The van der Waals surface area contributed by atoms with Gasteiger partial charge >= 0.3 is 0 Å². The van der Waals surface area contributed by atoms with Gasteiger partial charge in [0.2, 0.25) is 0 Å². The monoisotopic (exact) mass is 282 g/mol. The fourth-order valence-corrected chi connectivity index (χ4v) is 2.65. The molecule has 0 saturated heterocycles. The fraction of sp³-hybridized carbons (Fsp3) is 0.263. The van der Waals surface area contributed by atoms with E-state index in [1.165, 1.54) is 0 Å². The zero-order valence-corrected chi connectivity index (χ0v) is 13.0. The molecule has 0 amide bonds. The Morgan fingerprint density at radius 2 is 1.29 bits per heavy atom. The second-order valence-electron chi connectivity index (χ2n) is 5.70. The van der Waals surface area contributed by atoms with Gasteiger partial charge < -0.3 is 10.2 Å². The van der Waals surface area contributed by atoms with E-state index in [4.69, 9.17) is 0 Å². The van der Waals surface area contributed by atoms with Crippen molar-refractivity contribution in [3.63, 3.8) is 0 Å². The number of aryl methyl sites for hydroxylation is 2. The van der Waals surface area contributed by atoms with Crippen LogP contribution >= 0.6 is 0 Å². The lowest BCUT2D eigenvalue weighted by Gasteiger charge is -2.28. The SMILES string of the molecule is CC=CC(C)(c1ccc(O)c(C)c1)c1ccc(O)c(C)c1. The minimum Gasteiger partial charge on any atom is -0.508 e. The van der Waals surface area contributed by atoms with Crippen LogP contribution in [0.15, 0.2) is 48.6 Å². The summed E-state index contributed by atoms with van der Waals surface area (Å²) in [5.74, 6) is 0.618. The largest absolute Gasteiger partial charge is 0.508 e. The van der Waals surface area contributed by atoms with E-state index in [-0.39, 0.29) is 5.41 Å². The second-order valence-corrected chi connectivity index (χ2v) is 5.70. The third-order valence-corrected chi connectivity index (χ3v) is 4.09. The van der Waals surface area contributed by atoms with E-state index < -0.39 is 0 Å². The van der Waals surface area contributed by atoms with Gasteiger partial charge in [0.15, 0.2) is 0 Å². The Morgan fingerprint density at radius 1 is 0.857 bits per heavy atom. The third kappa shape index (κ3) is 2.80. The molecular weight excluding hydrogens is 260 g/mol. The van der Waals surface area contributed by atoms with Gasteiger partial charge in [-0.25, -0.2) is 0 Å². The molecule has 0 aromatic heterocycles. The number of hydrogen-bond acceptors (Lipinski definition) is 2. The second kappa shape index (κ2) is 5.65. The summed E-state index contributed by atoms with van der Waals surface area (Å²) in [6.07, 6.45) is 4.18. The molecular formula is C19H22O2. The van der Waals surface area contributed by atoms with Crippen LogP contribution in [-0.4, -0.2) is 10.2 Å². The van der Waals surface area contributed by atoms with E-state index in [0.717, 1.165) is 22.3 Å². The zero-order valence-electron chi connectivity index (χ0n) is 13.0. The minimum absolute atomic E-state index is 0.300. The summed E-state index contributed by atoms with van der Waals surface area (Å²) >= 11 is 0. The molecule has 0 unspecified atom stereocenters. The van der Waals surface area contributed by atoms with Crippen LogP contribution in [0.4, 0.5) is 0 Å². The summed E-state index contributed by atoms with van der Waals surface area (Å²) in [7, 11) is 0. The van der Waals surface area contributed by atoms with Crippen molar-refractivity contribution >= 4 is 0 Å². The normalized spacial score (nSPS) is 12.0. The molecule has 0 fully saturated rings. The third-order valence-electron chi connectivity index (χ3n) is 4.09. The van der Waals surface area contributed by atoms with Crippen molar-refractivity contribution in [3.05, 3.63) is 70.8 Å². The van der Waals surface area contributed by atoms with Crippen molar-refractivity contribution in [1.29, 1.82) is 0 Å². The smallest absolute Gasteiger partial charge is 0.118 e. The maximum atomic E-state index is 9.74. The number of rotatable bonds is 3. The highest BCUT2D eigenvalue weighted by Gasteiger charge is 2.26. The summed E-state index contributed by atoms with van der Waals surface area (Å²) in [4.78, 5) is 0. The number of allylic oxidation sites excluding steroid dienone is 2. The first-order valence-corrected chi connectivity index (χ1v) is 7.12.